The van der Waals surface area contributed by atoms with E-state index in [2.05, 4.69) is 5.32 Å². The molecule has 1 aliphatic rings. The lowest BCUT2D eigenvalue weighted by Gasteiger charge is -2.23. The van der Waals surface area contributed by atoms with Crippen LogP contribution in [0.5, 0.6) is 0 Å². The molecular weight excluding hydrogens is 424 g/mol. The minimum Gasteiger partial charge on any atom is -0.452 e. The maximum absolute atomic E-state index is 13.0. The van der Waals surface area contributed by atoms with E-state index in [1.807, 2.05) is 60.7 Å². The topological polar surface area (TPSA) is 75.7 Å². The third-order valence-electron chi connectivity index (χ3n) is 4.96. The molecule has 0 bridgehead atoms. The first-order chi connectivity index (χ1) is 15.6. The van der Waals surface area contributed by atoms with Crippen LogP contribution in [0.3, 0.4) is 0 Å². The summed E-state index contributed by atoms with van der Waals surface area (Å²) in [5, 5.41) is 2.75. The van der Waals surface area contributed by atoms with Crippen LogP contribution in [0.4, 0.5) is 5.69 Å². The van der Waals surface area contributed by atoms with Crippen LogP contribution in [0.15, 0.2) is 83.8 Å². The van der Waals surface area contributed by atoms with Gasteiger partial charge in [0.15, 0.2) is 6.61 Å². The van der Waals surface area contributed by atoms with Crippen LogP contribution in [-0.4, -0.2) is 35.0 Å². The Kier molecular flexibility index (Phi) is 6.87. The number of benzene rings is 3. The Morgan fingerprint density at radius 3 is 2.16 bits per heavy atom. The third kappa shape index (κ3) is 5.56. The zero-order valence-corrected chi connectivity index (χ0v) is 18.1. The standard InChI is InChI=1S/C25H22N2O4S/c28-23-17-32-22-12-11-20(13-21(22)26-23)25(30)31-16-24(29)27(14-18-7-3-1-4-8-18)15-19-9-5-2-6-10-19/h1-13H,14-17H2,(H,26,28). The van der Waals surface area contributed by atoms with Crippen molar-refractivity contribution in [3.63, 3.8) is 0 Å². The SMILES string of the molecule is O=C1CSc2ccc(C(=O)OCC(=O)N(Cc3ccccc3)Cc3ccccc3)cc2N1. The largest absolute Gasteiger partial charge is 0.452 e. The van der Waals surface area contributed by atoms with Gasteiger partial charge >= 0.3 is 5.97 Å². The molecule has 3 aromatic carbocycles. The Bertz CT molecular complexity index is 1080. The fourth-order valence-electron chi connectivity index (χ4n) is 3.35. The third-order valence-corrected chi connectivity index (χ3v) is 6.03. The van der Waals surface area contributed by atoms with Crippen molar-refractivity contribution in [3.8, 4) is 0 Å². The fourth-order valence-corrected chi connectivity index (χ4v) is 4.14. The summed E-state index contributed by atoms with van der Waals surface area (Å²) in [7, 11) is 0. The van der Waals surface area contributed by atoms with Crippen molar-refractivity contribution in [2.75, 3.05) is 17.7 Å². The minimum atomic E-state index is -0.606. The second kappa shape index (κ2) is 10.2. The average molecular weight is 447 g/mol. The van der Waals surface area contributed by atoms with Gasteiger partial charge in [0.1, 0.15) is 0 Å². The van der Waals surface area contributed by atoms with Gasteiger partial charge < -0.3 is 15.0 Å². The summed E-state index contributed by atoms with van der Waals surface area (Å²) in [6.45, 7) is 0.457. The van der Waals surface area contributed by atoms with Crippen LogP contribution in [0.25, 0.3) is 0 Å². The number of hydrogen-bond donors (Lipinski definition) is 1. The van der Waals surface area contributed by atoms with Gasteiger partial charge in [-0.15, -0.1) is 11.8 Å². The minimum absolute atomic E-state index is 0.110. The van der Waals surface area contributed by atoms with Gasteiger partial charge in [-0.25, -0.2) is 4.79 Å². The molecular formula is C25H22N2O4S. The second-order valence-corrected chi connectivity index (χ2v) is 8.36. The molecule has 0 fully saturated rings. The van der Waals surface area contributed by atoms with E-state index in [0.717, 1.165) is 16.0 Å². The highest BCUT2D eigenvalue weighted by Crippen LogP contribution is 2.32. The number of rotatable bonds is 7. The molecule has 6 nitrogen and oxygen atoms in total. The Labute approximate surface area is 190 Å². The number of anilines is 1. The summed E-state index contributed by atoms with van der Waals surface area (Å²) in [6, 6.07) is 24.4. The van der Waals surface area contributed by atoms with Crippen molar-refractivity contribution in [2.24, 2.45) is 0 Å². The maximum atomic E-state index is 13.0. The van der Waals surface area contributed by atoms with Crippen LogP contribution >= 0.6 is 11.8 Å². The number of ether oxygens (including phenoxy) is 1. The summed E-state index contributed by atoms with van der Waals surface area (Å²) < 4.78 is 5.31. The van der Waals surface area contributed by atoms with Crippen LogP contribution in [0.2, 0.25) is 0 Å². The molecule has 0 aromatic heterocycles. The van der Waals surface area contributed by atoms with Gasteiger partial charge in [-0.2, -0.15) is 0 Å². The molecule has 2 amide bonds. The highest BCUT2D eigenvalue weighted by Gasteiger charge is 2.20. The Balaban J connectivity index is 1.42. The van der Waals surface area contributed by atoms with Gasteiger partial charge in [0.2, 0.25) is 5.91 Å². The van der Waals surface area contributed by atoms with Gasteiger partial charge in [0.05, 0.1) is 17.0 Å². The van der Waals surface area contributed by atoms with Crippen molar-refractivity contribution < 1.29 is 19.1 Å². The number of esters is 1. The molecule has 7 heteroatoms. The summed E-state index contributed by atoms with van der Waals surface area (Å²) in [5.41, 5.74) is 2.86. The maximum Gasteiger partial charge on any atom is 0.338 e. The van der Waals surface area contributed by atoms with E-state index in [9.17, 15) is 14.4 Å². The summed E-state index contributed by atoms with van der Waals surface area (Å²) in [5.74, 6) is -0.650. The molecule has 32 heavy (non-hydrogen) atoms. The number of nitrogens with one attached hydrogen (secondary N) is 1. The quantitative estimate of drug-likeness (QED) is 0.553. The van der Waals surface area contributed by atoms with Gasteiger partial charge in [-0.3, -0.25) is 9.59 Å². The van der Waals surface area contributed by atoms with Gasteiger partial charge in [0.25, 0.3) is 5.91 Å². The van der Waals surface area contributed by atoms with E-state index in [0.29, 0.717) is 24.5 Å². The summed E-state index contributed by atoms with van der Waals surface area (Å²) in [4.78, 5) is 39.7. The van der Waals surface area contributed by atoms with Crippen LogP contribution in [0.1, 0.15) is 21.5 Å². The molecule has 162 valence electrons. The number of nitrogens with zero attached hydrogens (tertiary/aromatic N) is 1. The first kappa shape index (κ1) is 21.6. The van der Waals surface area contributed by atoms with Crippen LogP contribution in [0, 0.1) is 0 Å². The molecule has 4 rings (SSSR count). The van der Waals surface area contributed by atoms with Crippen molar-refractivity contribution in [1.82, 2.24) is 4.90 Å². The Morgan fingerprint density at radius 2 is 1.53 bits per heavy atom. The number of amides is 2. The predicted molar refractivity (Wildman–Crippen MR) is 123 cm³/mol. The summed E-state index contributed by atoms with van der Waals surface area (Å²) >= 11 is 1.42. The second-order valence-electron chi connectivity index (χ2n) is 7.34. The van der Waals surface area contributed by atoms with Gasteiger partial charge in [-0.05, 0) is 29.3 Å². The van der Waals surface area contributed by atoms with Crippen LogP contribution < -0.4 is 5.32 Å². The number of carbonyl (C=O) groups is 3. The lowest BCUT2D eigenvalue weighted by atomic mass is 10.1. The van der Waals surface area contributed by atoms with Crippen molar-refractivity contribution in [3.05, 3.63) is 95.6 Å². The lowest BCUT2D eigenvalue weighted by molar-refractivity contribution is -0.135. The highest BCUT2D eigenvalue weighted by molar-refractivity contribution is 8.00. The van der Waals surface area contributed by atoms with Crippen molar-refractivity contribution in [2.45, 2.75) is 18.0 Å². The van der Waals surface area contributed by atoms with Crippen molar-refractivity contribution in [1.29, 1.82) is 0 Å². The molecule has 0 saturated heterocycles. The molecule has 0 unspecified atom stereocenters. The zero-order chi connectivity index (χ0) is 22.3. The number of fused-ring (bicyclic) bond motifs is 1. The molecule has 0 aliphatic carbocycles. The fraction of sp³-hybridized carbons (Fsp3) is 0.160. The van der Waals surface area contributed by atoms with E-state index >= 15 is 0 Å². The predicted octanol–water partition coefficient (Wildman–Crippen LogP) is 4.12. The molecule has 1 N–H and O–H groups in total. The van der Waals surface area contributed by atoms with Gasteiger partial charge in [0, 0.05) is 18.0 Å². The van der Waals surface area contributed by atoms with E-state index < -0.39 is 5.97 Å². The Morgan fingerprint density at radius 1 is 0.906 bits per heavy atom. The monoisotopic (exact) mass is 446 g/mol. The average Bonchev–Trinajstić information content (AvgIpc) is 2.82. The Hall–Kier alpha value is -3.58. The molecule has 0 atom stereocenters. The molecule has 1 aliphatic heterocycles. The highest BCUT2D eigenvalue weighted by atomic mass is 32.2. The van der Waals surface area contributed by atoms with E-state index in [-0.39, 0.29) is 24.0 Å². The van der Waals surface area contributed by atoms with Crippen LogP contribution in [-0.2, 0) is 27.4 Å². The molecule has 0 saturated carbocycles. The van der Waals surface area contributed by atoms with E-state index in [1.54, 1.807) is 23.1 Å². The number of thioether (sulfide) groups is 1. The number of carbonyl (C=O) groups excluding carboxylic acids is 3. The summed E-state index contributed by atoms with van der Waals surface area (Å²) in [6.07, 6.45) is 0. The molecule has 0 spiro atoms. The molecule has 1 heterocycles. The van der Waals surface area contributed by atoms with E-state index in [4.69, 9.17) is 4.74 Å². The zero-order valence-electron chi connectivity index (χ0n) is 17.3. The smallest absolute Gasteiger partial charge is 0.338 e. The normalized spacial score (nSPS) is 12.4. The molecule has 0 radical (unpaired) electrons. The van der Waals surface area contributed by atoms with E-state index in [1.165, 1.54) is 11.8 Å². The van der Waals surface area contributed by atoms with Crippen molar-refractivity contribution >= 4 is 35.2 Å². The molecule has 3 aromatic rings. The first-order valence-electron chi connectivity index (χ1n) is 10.2. The number of hydrogen-bond acceptors (Lipinski definition) is 5. The first-order valence-corrected chi connectivity index (χ1v) is 11.2. The lowest BCUT2D eigenvalue weighted by Crippen LogP contribution is -2.34. The van der Waals surface area contributed by atoms with Gasteiger partial charge in [-0.1, -0.05) is 60.7 Å².